The van der Waals surface area contributed by atoms with E-state index in [1.807, 2.05) is 29.5 Å². The van der Waals surface area contributed by atoms with Gasteiger partial charge in [0.15, 0.2) is 0 Å². The molecule has 2 aliphatic heterocycles. The maximum Gasteiger partial charge on any atom is 0.0978 e. The molecule has 0 bridgehead atoms. The van der Waals surface area contributed by atoms with Crippen LogP contribution in [0.25, 0.3) is 0 Å². The number of nitrogens with zero attached hydrogens (tertiary/aromatic N) is 5. The van der Waals surface area contributed by atoms with Crippen LogP contribution in [-0.2, 0) is 16.2 Å². The zero-order valence-corrected chi connectivity index (χ0v) is 32.4. The Balaban J connectivity index is 0.000000281. The second-order valence-corrected chi connectivity index (χ2v) is 17.8. The van der Waals surface area contributed by atoms with Crippen LogP contribution >= 0.6 is 22.7 Å². The standard InChI is InChI=1S/2C8H13N.C7H12N2.2C7H11NS/c1-8(2,3)7-4-5-9-6-7;1-8(2,3)7-5-4-6-9-7;1-7(2,3)6-4-8-5-9-6;1-7(2,3)6-4-9-5-8-6;1-7(2,3)6-8-4-5-9-6/h4,6H,5H2,1-3H3;4-5H,6H2,1-3H3;4-5H,1-3H3,(H,8,9);2*4-5H,1-3H3. The highest BCUT2D eigenvalue weighted by Crippen LogP contribution is 2.25. The molecule has 3 aromatic rings. The number of allylic oxidation sites excluding steroid dienone is 2. The monoisotopic (exact) mass is 652 g/mol. The minimum Gasteiger partial charge on any atom is -0.348 e. The summed E-state index contributed by atoms with van der Waals surface area (Å²) in [5, 5.41) is 5.32. The Bertz CT molecular complexity index is 1180. The number of hydrogen-bond acceptors (Lipinski definition) is 7. The molecule has 45 heavy (non-hydrogen) atoms. The Hall–Kier alpha value is -2.71. The van der Waals surface area contributed by atoms with Gasteiger partial charge in [-0.1, -0.05) is 116 Å². The molecule has 0 aliphatic carbocycles. The molecule has 2 aliphatic rings. The van der Waals surface area contributed by atoms with Crippen molar-refractivity contribution in [1.82, 2.24) is 19.9 Å². The molecule has 0 saturated carbocycles. The number of aromatic nitrogens is 4. The number of aromatic amines is 1. The largest absolute Gasteiger partial charge is 0.348 e. The first kappa shape index (κ1) is 40.3. The lowest BCUT2D eigenvalue weighted by Crippen LogP contribution is -2.16. The fourth-order valence-corrected chi connectivity index (χ4v) is 5.06. The Morgan fingerprint density at radius 2 is 1.40 bits per heavy atom. The second-order valence-electron chi connectivity index (χ2n) is 16.2. The third kappa shape index (κ3) is 16.4. The van der Waals surface area contributed by atoms with Crippen molar-refractivity contribution in [3.63, 3.8) is 0 Å². The lowest BCUT2D eigenvalue weighted by Gasteiger charge is -2.16. The van der Waals surface area contributed by atoms with Crippen LogP contribution in [0.5, 0.6) is 0 Å². The molecule has 0 fully saturated rings. The van der Waals surface area contributed by atoms with E-state index in [1.165, 1.54) is 27.7 Å². The first-order valence-corrected chi connectivity index (χ1v) is 17.5. The molecule has 0 atom stereocenters. The van der Waals surface area contributed by atoms with Crippen molar-refractivity contribution in [2.75, 3.05) is 13.1 Å². The molecule has 0 saturated heterocycles. The molecule has 0 amide bonds. The molecule has 250 valence electrons. The van der Waals surface area contributed by atoms with E-state index in [-0.39, 0.29) is 21.7 Å². The van der Waals surface area contributed by atoms with Crippen molar-refractivity contribution in [3.8, 4) is 0 Å². The summed E-state index contributed by atoms with van der Waals surface area (Å²) in [4.78, 5) is 23.8. The Morgan fingerprint density at radius 1 is 0.733 bits per heavy atom. The van der Waals surface area contributed by atoms with Crippen molar-refractivity contribution in [2.45, 2.75) is 120 Å². The topological polar surface area (TPSA) is 79.2 Å². The quantitative estimate of drug-likeness (QED) is 0.262. The van der Waals surface area contributed by atoms with Gasteiger partial charge >= 0.3 is 0 Å². The predicted octanol–water partition coefficient (Wildman–Crippen LogP) is 10.7. The van der Waals surface area contributed by atoms with Gasteiger partial charge in [0.25, 0.3) is 0 Å². The van der Waals surface area contributed by atoms with Gasteiger partial charge in [-0.2, -0.15) is 0 Å². The number of nitrogens with one attached hydrogen (secondary N) is 1. The minimum atomic E-state index is 0.205. The highest BCUT2D eigenvalue weighted by molar-refractivity contribution is 7.09. The molecule has 1 N–H and O–H groups in total. The van der Waals surface area contributed by atoms with E-state index in [1.54, 1.807) is 29.0 Å². The van der Waals surface area contributed by atoms with E-state index in [0.717, 1.165) is 13.1 Å². The molecular weight excluding hydrogens is 593 g/mol. The van der Waals surface area contributed by atoms with Gasteiger partial charge in [-0.05, 0) is 17.1 Å². The molecule has 0 aromatic carbocycles. The second kappa shape index (κ2) is 17.3. The molecule has 0 radical (unpaired) electrons. The normalized spacial score (nSPS) is 14.5. The highest BCUT2D eigenvalue weighted by atomic mass is 32.1. The van der Waals surface area contributed by atoms with Crippen LogP contribution in [0.4, 0.5) is 0 Å². The minimum absolute atomic E-state index is 0.205. The summed E-state index contributed by atoms with van der Waals surface area (Å²) in [6.45, 7) is 34.4. The van der Waals surface area contributed by atoms with Gasteiger partial charge in [0.2, 0.25) is 0 Å². The number of rotatable bonds is 0. The van der Waals surface area contributed by atoms with Gasteiger partial charge in [0.1, 0.15) is 0 Å². The summed E-state index contributed by atoms with van der Waals surface area (Å²) in [6, 6.07) is 0. The SMILES string of the molecule is CC(C)(C)C1=CCN=C1.CC(C)(C)C1=NCC=C1.CC(C)(C)c1cnc[nH]1.CC(C)(C)c1cscn1.CC(C)(C)c1nccs1. The number of H-pyrrole nitrogens is 1. The van der Waals surface area contributed by atoms with Gasteiger partial charge in [-0.3, -0.25) is 9.98 Å². The average molecular weight is 653 g/mol. The van der Waals surface area contributed by atoms with E-state index in [2.05, 4.69) is 157 Å². The highest BCUT2D eigenvalue weighted by Gasteiger charge is 2.18. The number of thiazole rings is 2. The third-order valence-corrected chi connectivity index (χ3v) is 8.29. The maximum atomic E-state index is 4.31. The van der Waals surface area contributed by atoms with E-state index in [9.17, 15) is 0 Å². The zero-order chi connectivity index (χ0) is 34.5. The van der Waals surface area contributed by atoms with Gasteiger partial charge < -0.3 is 4.98 Å². The first-order valence-electron chi connectivity index (χ1n) is 15.7. The summed E-state index contributed by atoms with van der Waals surface area (Å²) < 4.78 is 0. The molecule has 0 unspecified atom stereocenters. The summed E-state index contributed by atoms with van der Waals surface area (Å²) in [6.07, 6.45) is 13.8. The van der Waals surface area contributed by atoms with Crippen molar-refractivity contribution < 1.29 is 0 Å². The molecule has 5 heterocycles. The Kier molecular flexibility index (Phi) is 15.5. The summed E-state index contributed by atoms with van der Waals surface area (Å²) in [5.41, 5.74) is 8.03. The van der Waals surface area contributed by atoms with Crippen molar-refractivity contribution >= 4 is 34.6 Å². The Labute approximate surface area is 282 Å². The lowest BCUT2D eigenvalue weighted by molar-refractivity contribution is 0.527. The van der Waals surface area contributed by atoms with Crippen molar-refractivity contribution in [3.05, 3.63) is 75.2 Å². The van der Waals surface area contributed by atoms with Gasteiger partial charge in [0.05, 0.1) is 35.6 Å². The van der Waals surface area contributed by atoms with Crippen LogP contribution in [0.2, 0.25) is 0 Å². The fourth-order valence-electron chi connectivity index (χ4n) is 3.55. The summed E-state index contributed by atoms with van der Waals surface area (Å²) >= 11 is 3.37. The van der Waals surface area contributed by atoms with Gasteiger partial charge in [-0.25, -0.2) is 15.0 Å². The molecule has 5 rings (SSSR count). The van der Waals surface area contributed by atoms with E-state index in [0.29, 0.717) is 5.41 Å². The predicted molar refractivity (Wildman–Crippen MR) is 201 cm³/mol. The molecule has 0 spiro atoms. The number of aliphatic imine (C=N–C) groups is 2. The summed E-state index contributed by atoms with van der Waals surface area (Å²) in [7, 11) is 0. The third-order valence-electron chi connectivity index (χ3n) is 6.51. The lowest BCUT2D eigenvalue weighted by atomic mass is 9.88. The van der Waals surface area contributed by atoms with Gasteiger partial charge in [0, 0.05) is 62.4 Å². The first-order chi connectivity index (χ1) is 20.5. The number of hydrogen-bond donors (Lipinski definition) is 1. The smallest absolute Gasteiger partial charge is 0.0978 e. The molecule has 3 aromatic heterocycles. The van der Waals surface area contributed by atoms with Crippen LogP contribution in [0.15, 0.2) is 68.8 Å². The van der Waals surface area contributed by atoms with E-state index in [4.69, 9.17) is 0 Å². The Morgan fingerprint density at radius 3 is 1.62 bits per heavy atom. The van der Waals surface area contributed by atoms with Crippen LogP contribution in [0.1, 0.15) is 120 Å². The van der Waals surface area contributed by atoms with Crippen molar-refractivity contribution in [2.24, 2.45) is 20.8 Å². The van der Waals surface area contributed by atoms with Crippen LogP contribution in [0.3, 0.4) is 0 Å². The van der Waals surface area contributed by atoms with Crippen LogP contribution < -0.4 is 0 Å². The summed E-state index contributed by atoms with van der Waals surface area (Å²) in [5.74, 6) is 0. The van der Waals surface area contributed by atoms with E-state index >= 15 is 0 Å². The zero-order valence-electron chi connectivity index (χ0n) is 30.7. The molecule has 8 heteroatoms. The maximum absolute atomic E-state index is 4.31. The molecule has 6 nitrogen and oxygen atoms in total. The number of imidazole rings is 1. The fraction of sp³-hybridized carbons (Fsp3) is 0.595. The molecular formula is C37H60N6S2. The average Bonchev–Trinajstić information content (AvgIpc) is 3.75. The van der Waals surface area contributed by atoms with Crippen LogP contribution in [-0.4, -0.2) is 45.0 Å². The van der Waals surface area contributed by atoms with Crippen molar-refractivity contribution in [1.29, 1.82) is 0 Å². The van der Waals surface area contributed by atoms with Gasteiger partial charge in [-0.15, -0.1) is 22.7 Å². The van der Waals surface area contributed by atoms with Crippen LogP contribution in [0, 0.1) is 10.8 Å². The van der Waals surface area contributed by atoms with E-state index < -0.39 is 0 Å².